The van der Waals surface area contributed by atoms with Gasteiger partial charge in [-0.05, 0) is 72.5 Å². The fraction of sp³-hybridized carbons (Fsp3) is 0.714. The summed E-state index contributed by atoms with van der Waals surface area (Å²) in [6.07, 6.45) is 8.90. The molecule has 5 heteroatoms. The molecule has 0 radical (unpaired) electrons. The van der Waals surface area contributed by atoms with Crippen LogP contribution in [0.5, 0.6) is 0 Å². The third-order valence-corrected chi connectivity index (χ3v) is 10.7. The molecule has 180 valence electrons. The number of ketones is 1. The second kappa shape index (κ2) is 7.07. The summed E-state index contributed by atoms with van der Waals surface area (Å²) in [6, 6.07) is 1.91. The van der Waals surface area contributed by atoms with Crippen LogP contribution in [0.1, 0.15) is 85.1 Å². The normalized spacial score (nSPS) is 46.1. The summed E-state index contributed by atoms with van der Waals surface area (Å²) in [7, 11) is 0. The Bertz CT molecular complexity index is 1010. The Morgan fingerprint density at radius 3 is 2.48 bits per heavy atom. The average Bonchev–Trinajstić information content (AvgIpc) is 3.32. The van der Waals surface area contributed by atoms with Gasteiger partial charge < -0.3 is 14.3 Å². The quantitative estimate of drug-likeness (QED) is 0.603. The highest BCUT2D eigenvalue weighted by molar-refractivity contribution is 6.00. The number of rotatable bonds is 2. The van der Waals surface area contributed by atoms with Crippen molar-refractivity contribution in [2.45, 2.75) is 91.8 Å². The summed E-state index contributed by atoms with van der Waals surface area (Å²) in [5, 5.41) is 10.9. The molecule has 0 aliphatic heterocycles. The van der Waals surface area contributed by atoms with Crippen LogP contribution < -0.4 is 0 Å². The van der Waals surface area contributed by atoms with E-state index in [1.54, 1.807) is 12.5 Å². The summed E-state index contributed by atoms with van der Waals surface area (Å²) >= 11 is 0. The fourth-order valence-electron chi connectivity index (χ4n) is 9.12. The summed E-state index contributed by atoms with van der Waals surface area (Å²) < 4.78 is 11.5. The van der Waals surface area contributed by atoms with Gasteiger partial charge in [-0.2, -0.15) is 0 Å². The highest BCUT2D eigenvalue weighted by Crippen LogP contribution is 2.73. The van der Waals surface area contributed by atoms with Crippen LogP contribution in [0.4, 0.5) is 0 Å². The van der Waals surface area contributed by atoms with Crippen LogP contribution in [0.2, 0.25) is 0 Å². The van der Waals surface area contributed by atoms with Gasteiger partial charge in [-0.15, -0.1) is 0 Å². The molecule has 8 atom stereocenters. The number of aliphatic hydroxyl groups is 1. The molecule has 5 rings (SSSR count). The largest absolute Gasteiger partial charge is 0.472 e. The van der Waals surface area contributed by atoms with E-state index in [0.29, 0.717) is 6.42 Å². The number of fused-ring (bicyclic) bond motifs is 5. The molecule has 0 aromatic carbocycles. The fourth-order valence-corrected chi connectivity index (χ4v) is 9.12. The molecule has 0 spiro atoms. The lowest BCUT2D eigenvalue weighted by molar-refractivity contribution is -0.220. The Hall–Kier alpha value is -1.88. The zero-order valence-electron chi connectivity index (χ0n) is 20.8. The van der Waals surface area contributed by atoms with E-state index >= 15 is 0 Å². The Labute approximate surface area is 197 Å². The van der Waals surface area contributed by atoms with Gasteiger partial charge in [0.05, 0.1) is 24.5 Å². The molecule has 0 bridgehead atoms. The van der Waals surface area contributed by atoms with Crippen LogP contribution in [0.15, 0.2) is 34.7 Å². The zero-order valence-corrected chi connectivity index (χ0v) is 20.8. The molecule has 1 aromatic rings. The summed E-state index contributed by atoms with van der Waals surface area (Å²) in [5.41, 5.74) is 1.09. The van der Waals surface area contributed by atoms with Gasteiger partial charge in [-0.25, -0.2) is 0 Å². The van der Waals surface area contributed by atoms with Gasteiger partial charge in [0.25, 0.3) is 0 Å². The monoisotopic (exact) mass is 454 g/mol. The van der Waals surface area contributed by atoms with Crippen molar-refractivity contribution in [2.75, 3.05) is 0 Å². The predicted molar refractivity (Wildman–Crippen MR) is 124 cm³/mol. The highest BCUT2D eigenvalue weighted by Gasteiger charge is 2.70. The standard InChI is InChI=1S/C28H38O5/c1-16(29)33-23-14-20-25(2,3)22(31)8-11-26(20,4)19-7-10-27(5)21(28(19,23)6)13-18(30)24(27)17-9-12-32-15-17/h9,12-13,15,19-20,22-24,31H,7-8,10-11,14H2,1-6H3/t19-,20+,22+,23-,24-,26-,27-,28-/m1/s1. The average molecular weight is 455 g/mol. The third-order valence-electron chi connectivity index (χ3n) is 10.7. The predicted octanol–water partition coefficient (Wildman–Crippen LogP) is 5.43. The van der Waals surface area contributed by atoms with Gasteiger partial charge in [-0.1, -0.05) is 34.6 Å². The molecule has 5 nitrogen and oxygen atoms in total. The Balaban J connectivity index is 1.65. The van der Waals surface area contributed by atoms with E-state index in [-0.39, 0.29) is 58.0 Å². The summed E-state index contributed by atoms with van der Waals surface area (Å²) in [6.45, 7) is 12.7. The molecule has 3 saturated carbocycles. The van der Waals surface area contributed by atoms with Gasteiger partial charge in [0, 0.05) is 23.3 Å². The van der Waals surface area contributed by atoms with Crippen molar-refractivity contribution in [3.63, 3.8) is 0 Å². The smallest absolute Gasteiger partial charge is 0.302 e. The number of hydrogen-bond acceptors (Lipinski definition) is 5. The first-order valence-electron chi connectivity index (χ1n) is 12.5. The maximum atomic E-state index is 13.4. The van der Waals surface area contributed by atoms with Crippen LogP contribution >= 0.6 is 0 Å². The van der Waals surface area contributed by atoms with Gasteiger partial charge in [0.2, 0.25) is 0 Å². The molecule has 0 saturated heterocycles. The molecule has 4 aliphatic rings. The Morgan fingerprint density at radius 2 is 1.85 bits per heavy atom. The first-order chi connectivity index (χ1) is 15.4. The Kier molecular flexibility index (Phi) is 4.90. The van der Waals surface area contributed by atoms with Crippen molar-refractivity contribution in [1.82, 2.24) is 0 Å². The second-order valence-electron chi connectivity index (χ2n) is 12.5. The van der Waals surface area contributed by atoms with E-state index in [1.165, 1.54) is 6.92 Å². The van der Waals surface area contributed by atoms with E-state index in [9.17, 15) is 14.7 Å². The number of carbonyl (C=O) groups excluding carboxylic acids is 2. The van der Waals surface area contributed by atoms with Crippen LogP contribution in [0, 0.1) is 33.5 Å². The third kappa shape index (κ3) is 2.87. The second-order valence-corrected chi connectivity index (χ2v) is 12.5. The molecule has 0 amide bonds. The molecule has 1 aromatic heterocycles. The van der Waals surface area contributed by atoms with Gasteiger partial charge >= 0.3 is 5.97 Å². The van der Waals surface area contributed by atoms with E-state index in [2.05, 4.69) is 34.6 Å². The number of allylic oxidation sites excluding steroid dienone is 1. The number of hydrogen-bond donors (Lipinski definition) is 1. The van der Waals surface area contributed by atoms with Crippen LogP contribution in [-0.4, -0.2) is 29.1 Å². The van der Waals surface area contributed by atoms with Crippen LogP contribution in [-0.2, 0) is 14.3 Å². The minimum Gasteiger partial charge on any atom is -0.472 e. The lowest BCUT2D eigenvalue weighted by Gasteiger charge is -2.68. The minimum absolute atomic E-state index is 0.00702. The molecule has 0 unspecified atom stereocenters. The van der Waals surface area contributed by atoms with Crippen LogP contribution in [0.3, 0.4) is 0 Å². The Morgan fingerprint density at radius 1 is 1.12 bits per heavy atom. The number of aliphatic hydroxyl groups excluding tert-OH is 1. The van der Waals surface area contributed by atoms with E-state index in [1.807, 2.05) is 12.1 Å². The van der Waals surface area contributed by atoms with E-state index < -0.39 is 5.41 Å². The van der Waals surface area contributed by atoms with Gasteiger partial charge in [0.1, 0.15) is 6.10 Å². The highest BCUT2D eigenvalue weighted by atomic mass is 16.5. The molecule has 1 heterocycles. The molecular formula is C28H38O5. The first kappa shape index (κ1) is 22.9. The van der Waals surface area contributed by atoms with Gasteiger partial charge in [0.15, 0.2) is 5.78 Å². The van der Waals surface area contributed by atoms with Crippen molar-refractivity contribution in [3.05, 3.63) is 35.8 Å². The van der Waals surface area contributed by atoms with Crippen molar-refractivity contribution in [3.8, 4) is 0 Å². The molecule has 3 fully saturated rings. The lowest BCUT2D eigenvalue weighted by Crippen LogP contribution is -2.65. The molecule has 4 aliphatic carbocycles. The van der Waals surface area contributed by atoms with Crippen molar-refractivity contribution in [2.24, 2.45) is 33.5 Å². The molecule has 33 heavy (non-hydrogen) atoms. The zero-order chi connectivity index (χ0) is 24.0. The molecular weight excluding hydrogens is 416 g/mol. The lowest BCUT2D eigenvalue weighted by atomic mass is 9.37. The topological polar surface area (TPSA) is 76.7 Å². The number of ether oxygens (including phenoxy) is 1. The number of furan rings is 1. The van der Waals surface area contributed by atoms with Crippen molar-refractivity contribution >= 4 is 11.8 Å². The summed E-state index contributed by atoms with van der Waals surface area (Å²) in [5.74, 6) is 0.112. The first-order valence-corrected chi connectivity index (χ1v) is 12.5. The number of carbonyl (C=O) groups is 2. The maximum Gasteiger partial charge on any atom is 0.302 e. The maximum absolute atomic E-state index is 13.4. The van der Waals surface area contributed by atoms with Crippen molar-refractivity contribution in [1.29, 1.82) is 0 Å². The van der Waals surface area contributed by atoms with E-state index in [0.717, 1.165) is 36.8 Å². The minimum atomic E-state index is -0.420. The summed E-state index contributed by atoms with van der Waals surface area (Å²) in [4.78, 5) is 25.8. The van der Waals surface area contributed by atoms with Crippen molar-refractivity contribution < 1.29 is 23.8 Å². The van der Waals surface area contributed by atoms with E-state index in [4.69, 9.17) is 9.15 Å². The number of esters is 1. The molecule has 1 N–H and O–H groups in total. The van der Waals surface area contributed by atoms with Gasteiger partial charge in [-0.3, -0.25) is 9.59 Å². The van der Waals surface area contributed by atoms with Crippen LogP contribution in [0.25, 0.3) is 0 Å². The SMILES string of the molecule is CC(=O)O[C@@H]1C[C@H]2C(C)(C)[C@@H](O)CC[C@]2(C)[C@H]2CC[C@]3(C)C(=CC(=O)[C@H]3c3ccoc3)[C@@]21C.